The Bertz CT molecular complexity index is 365. The zero-order valence-electron chi connectivity index (χ0n) is 6.66. The Labute approximate surface area is 84.9 Å². The van der Waals surface area contributed by atoms with E-state index in [1.54, 1.807) is 23.9 Å². The largest absolute Gasteiger partial charge is 0.481 e. The lowest BCUT2D eigenvalue weighted by Gasteiger charge is -2.03. The van der Waals surface area contributed by atoms with Crippen LogP contribution in [-0.2, 0) is 4.79 Å². The molecular formula is C9H7ClO2S. The van der Waals surface area contributed by atoms with Crippen molar-refractivity contribution < 1.29 is 9.90 Å². The highest BCUT2D eigenvalue weighted by Crippen LogP contribution is 2.40. The molecule has 1 aliphatic rings. The number of hydrogen-bond donors (Lipinski definition) is 1. The van der Waals surface area contributed by atoms with Crippen LogP contribution in [0.5, 0.6) is 0 Å². The van der Waals surface area contributed by atoms with Gasteiger partial charge in [0, 0.05) is 15.7 Å². The Morgan fingerprint density at radius 1 is 1.62 bits per heavy atom. The zero-order chi connectivity index (χ0) is 9.42. The summed E-state index contributed by atoms with van der Waals surface area (Å²) in [7, 11) is 0. The maximum Gasteiger partial charge on any atom is 0.311 e. The van der Waals surface area contributed by atoms with Gasteiger partial charge >= 0.3 is 5.97 Å². The van der Waals surface area contributed by atoms with Crippen molar-refractivity contribution in [3.8, 4) is 0 Å². The highest BCUT2D eigenvalue weighted by molar-refractivity contribution is 7.99. The lowest BCUT2D eigenvalue weighted by atomic mass is 10.0. The first kappa shape index (κ1) is 8.91. The van der Waals surface area contributed by atoms with Crippen molar-refractivity contribution in [1.29, 1.82) is 0 Å². The molecule has 0 bridgehead atoms. The summed E-state index contributed by atoms with van der Waals surface area (Å²) < 4.78 is 0. The molecule has 0 saturated heterocycles. The minimum Gasteiger partial charge on any atom is -0.481 e. The Balaban J connectivity index is 2.46. The van der Waals surface area contributed by atoms with Gasteiger partial charge in [0.2, 0.25) is 0 Å². The summed E-state index contributed by atoms with van der Waals surface area (Å²) in [5.74, 6) is -0.544. The van der Waals surface area contributed by atoms with Crippen LogP contribution >= 0.6 is 23.4 Å². The van der Waals surface area contributed by atoms with E-state index < -0.39 is 11.9 Å². The summed E-state index contributed by atoms with van der Waals surface area (Å²) in [5, 5.41) is 9.50. The molecule has 68 valence electrons. The fraction of sp³-hybridized carbons (Fsp3) is 0.222. The van der Waals surface area contributed by atoms with Gasteiger partial charge in [-0.1, -0.05) is 11.6 Å². The van der Waals surface area contributed by atoms with E-state index in [1.807, 2.05) is 6.07 Å². The van der Waals surface area contributed by atoms with Gasteiger partial charge in [-0.25, -0.2) is 0 Å². The van der Waals surface area contributed by atoms with E-state index in [0.717, 1.165) is 10.5 Å². The first-order chi connectivity index (χ1) is 6.18. The highest BCUT2D eigenvalue weighted by atomic mass is 35.5. The molecule has 2 nitrogen and oxygen atoms in total. The predicted octanol–water partition coefficient (Wildman–Crippen LogP) is 2.61. The van der Waals surface area contributed by atoms with Gasteiger partial charge < -0.3 is 5.11 Å². The van der Waals surface area contributed by atoms with Gasteiger partial charge in [-0.15, -0.1) is 11.8 Å². The number of rotatable bonds is 1. The molecule has 1 heterocycles. The highest BCUT2D eigenvalue weighted by Gasteiger charge is 2.28. The van der Waals surface area contributed by atoms with Crippen LogP contribution in [-0.4, -0.2) is 16.8 Å². The van der Waals surface area contributed by atoms with Crippen LogP contribution in [0.2, 0.25) is 5.02 Å². The fourth-order valence-electron chi connectivity index (χ4n) is 1.39. The zero-order valence-corrected chi connectivity index (χ0v) is 8.23. The lowest BCUT2D eigenvalue weighted by Crippen LogP contribution is -2.10. The Kier molecular flexibility index (Phi) is 2.22. The number of fused-ring (bicyclic) bond motifs is 1. The van der Waals surface area contributed by atoms with Crippen molar-refractivity contribution in [3.05, 3.63) is 28.8 Å². The van der Waals surface area contributed by atoms with Crippen LogP contribution in [0.25, 0.3) is 0 Å². The lowest BCUT2D eigenvalue weighted by molar-refractivity contribution is -0.138. The summed E-state index contributed by atoms with van der Waals surface area (Å²) >= 11 is 7.36. The van der Waals surface area contributed by atoms with E-state index in [4.69, 9.17) is 16.7 Å². The maximum atomic E-state index is 10.8. The minimum absolute atomic E-state index is 0.390. The van der Waals surface area contributed by atoms with Crippen molar-refractivity contribution in [1.82, 2.24) is 0 Å². The summed E-state index contributed by atoms with van der Waals surface area (Å²) in [6, 6.07) is 5.42. The molecule has 2 rings (SSSR count). The third-order valence-electron chi connectivity index (χ3n) is 2.05. The van der Waals surface area contributed by atoms with Gasteiger partial charge in [0.15, 0.2) is 0 Å². The van der Waals surface area contributed by atoms with Crippen LogP contribution < -0.4 is 0 Å². The summed E-state index contributed by atoms with van der Waals surface area (Å²) in [4.78, 5) is 11.9. The average Bonchev–Trinajstić information content (AvgIpc) is 2.46. The van der Waals surface area contributed by atoms with Gasteiger partial charge in [0.1, 0.15) is 0 Å². The molecule has 0 aliphatic carbocycles. The van der Waals surface area contributed by atoms with Crippen LogP contribution in [0.1, 0.15) is 11.5 Å². The Morgan fingerprint density at radius 3 is 3.08 bits per heavy atom. The van der Waals surface area contributed by atoms with Crippen molar-refractivity contribution in [3.63, 3.8) is 0 Å². The van der Waals surface area contributed by atoms with Crippen molar-refractivity contribution in [2.75, 3.05) is 5.75 Å². The molecule has 1 N–H and O–H groups in total. The molecule has 1 aromatic rings. The number of benzene rings is 1. The van der Waals surface area contributed by atoms with Crippen molar-refractivity contribution >= 4 is 29.3 Å². The molecule has 0 amide bonds. The molecule has 0 spiro atoms. The van der Waals surface area contributed by atoms with E-state index in [0.29, 0.717) is 10.8 Å². The fourth-order valence-corrected chi connectivity index (χ4v) is 2.77. The molecule has 0 fully saturated rings. The number of carboxylic acids is 1. The molecule has 1 unspecified atom stereocenters. The smallest absolute Gasteiger partial charge is 0.311 e. The quantitative estimate of drug-likeness (QED) is 0.781. The molecular weight excluding hydrogens is 208 g/mol. The van der Waals surface area contributed by atoms with E-state index in [-0.39, 0.29) is 0 Å². The third-order valence-corrected chi connectivity index (χ3v) is 3.47. The molecule has 0 aromatic heterocycles. The standard InChI is InChI=1S/C9H7ClO2S/c10-5-1-2-8-6(3-5)7(4-13-8)9(11)12/h1-3,7H,4H2,(H,11,12). The number of halogens is 1. The first-order valence-corrected chi connectivity index (χ1v) is 5.20. The molecule has 13 heavy (non-hydrogen) atoms. The SMILES string of the molecule is O=C(O)C1CSc2ccc(Cl)cc21. The third kappa shape index (κ3) is 1.54. The van der Waals surface area contributed by atoms with E-state index in [9.17, 15) is 4.79 Å². The Hall–Kier alpha value is -0.670. The molecule has 0 radical (unpaired) electrons. The van der Waals surface area contributed by atoms with Crippen LogP contribution in [0, 0.1) is 0 Å². The van der Waals surface area contributed by atoms with E-state index >= 15 is 0 Å². The second kappa shape index (κ2) is 3.24. The van der Waals surface area contributed by atoms with E-state index in [2.05, 4.69) is 0 Å². The number of aliphatic carboxylic acids is 1. The summed E-state index contributed by atoms with van der Waals surface area (Å²) in [6.07, 6.45) is 0. The average molecular weight is 215 g/mol. The number of thioether (sulfide) groups is 1. The van der Waals surface area contributed by atoms with Crippen molar-refractivity contribution in [2.24, 2.45) is 0 Å². The Morgan fingerprint density at radius 2 is 2.38 bits per heavy atom. The normalized spacial score (nSPS) is 19.9. The summed E-state index contributed by atoms with van der Waals surface area (Å²) in [5.41, 5.74) is 0.852. The van der Waals surface area contributed by atoms with Gasteiger partial charge in [-0.3, -0.25) is 4.79 Å². The number of carbonyl (C=O) groups is 1. The van der Waals surface area contributed by atoms with Gasteiger partial charge in [0.25, 0.3) is 0 Å². The minimum atomic E-state index is -0.770. The van der Waals surface area contributed by atoms with Crippen molar-refractivity contribution in [2.45, 2.75) is 10.8 Å². The molecule has 1 aromatic carbocycles. The molecule has 1 aliphatic heterocycles. The second-order valence-corrected chi connectivity index (χ2v) is 4.38. The van der Waals surface area contributed by atoms with Gasteiger partial charge in [-0.05, 0) is 23.8 Å². The molecule has 4 heteroatoms. The van der Waals surface area contributed by atoms with Gasteiger partial charge in [-0.2, -0.15) is 0 Å². The van der Waals surface area contributed by atoms with E-state index in [1.165, 1.54) is 0 Å². The predicted molar refractivity (Wildman–Crippen MR) is 52.6 cm³/mol. The second-order valence-electron chi connectivity index (χ2n) is 2.88. The monoisotopic (exact) mass is 214 g/mol. The number of carboxylic acid groups (broad SMARTS) is 1. The topological polar surface area (TPSA) is 37.3 Å². The summed E-state index contributed by atoms with van der Waals surface area (Å²) in [6.45, 7) is 0. The molecule has 1 atom stereocenters. The van der Waals surface area contributed by atoms with Gasteiger partial charge in [0.05, 0.1) is 5.92 Å². The maximum absolute atomic E-state index is 10.8. The van der Waals surface area contributed by atoms with Crippen LogP contribution in [0.15, 0.2) is 23.1 Å². The first-order valence-electron chi connectivity index (χ1n) is 3.83. The molecule has 0 saturated carbocycles. The van der Waals surface area contributed by atoms with Crippen LogP contribution in [0.3, 0.4) is 0 Å². The number of hydrogen-bond acceptors (Lipinski definition) is 2. The van der Waals surface area contributed by atoms with Crippen LogP contribution in [0.4, 0.5) is 0 Å².